The van der Waals surface area contributed by atoms with Crippen LogP contribution >= 0.6 is 12.4 Å². The minimum Gasteiger partial charge on any atom is -0.374 e. The first kappa shape index (κ1) is 13.7. The fraction of sp³-hybridized carbons (Fsp3) is 0.929. The number of rotatable bonds is 4. The van der Waals surface area contributed by atoms with Crippen molar-refractivity contribution in [3.05, 3.63) is 0 Å². The van der Waals surface area contributed by atoms with Gasteiger partial charge in [-0.05, 0) is 38.1 Å². The predicted octanol–water partition coefficient (Wildman–Crippen LogP) is 1.04. The Kier molecular flexibility index (Phi) is 3.76. The van der Waals surface area contributed by atoms with Crippen molar-refractivity contribution >= 4 is 18.3 Å². The zero-order valence-corrected chi connectivity index (χ0v) is 12.0. The van der Waals surface area contributed by atoms with Crippen LogP contribution in [-0.4, -0.2) is 49.2 Å². The summed E-state index contributed by atoms with van der Waals surface area (Å²) in [5.41, 5.74) is 0. The smallest absolute Gasteiger partial charge is 0.236 e. The maximum atomic E-state index is 12.1. The number of carbonyl (C=O) groups is 1. The van der Waals surface area contributed by atoms with Crippen LogP contribution in [0.1, 0.15) is 25.7 Å². The summed E-state index contributed by atoms with van der Waals surface area (Å²) in [6.07, 6.45) is 6.03. The van der Waals surface area contributed by atoms with Crippen LogP contribution in [0.15, 0.2) is 0 Å². The lowest BCUT2D eigenvalue weighted by atomic mass is 9.82. The average Bonchev–Trinajstić information content (AvgIpc) is 2.81. The number of hydrogen-bond acceptors (Lipinski definition) is 3. The molecule has 3 saturated heterocycles. The van der Waals surface area contributed by atoms with Gasteiger partial charge < -0.3 is 15.0 Å². The molecule has 4 rings (SSSR count). The highest BCUT2D eigenvalue weighted by atomic mass is 35.5. The second-order valence-electron chi connectivity index (χ2n) is 6.49. The lowest BCUT2D eigenvalue weighted by Gasteiger charge is -2.19. The van der Waals surface area contributed by atoms with Crippen molar-refractivity contribution in [2.24, 2.45) is 17.8 Å². The van der Waals surface area contributed by atoms with Gasteiger partial charge in [-0.15, -0.1) is 12.4 Å². The molecule has 1 aliphatic carbocycles. The number of likely N-dealkylation sites (tertiary alicyclic amines) is 1. The van der Waals surface area contributed by atoms with Gasteiger partial charge in [0.15, 0.2) is 0 Å². The number of carbonyl (C=O) groups excluding carboxylic acids is 1. The summed E-state index contributed by atoms with van der Waals surface area (Å²) >= 11 is 0. The van der Waals surface area contributed by atoms with E-state index in [2.05, 4.69) is 10.2 Å². The van der Waals surface area contributed by atoms with E-state index in [1.165, 1.54) is 25.7 Å². The van der Waals surface area contributed by atoms with Gasteiger partial charge in [0, 0.05) is 24.9 Å². The zero-order valence-electron chi connectivity index (χ0n) is 11.2. The van der Waals surface area contributed by atoms with E-state index in [0.29, 0.717) is 36.5 Å². The highest BCUT2D eigenvalue weighted by molar-refractivity contribution is 5.85. The van der Waals surface area contributed by atoms with Gasteiger partial charge in [0.25, 0.3) is 0 Å². The second-order valence-corrected chi connectivity index (χ2v) is 6.49. The third kappa shape index (κ3) is 2.50. The lowest BCUT2D eigenvalue weighted by Crippen LogP contribution is -2.38. The Labute approximate surface area is 120 Å². The Morgan fingerprint density at radius 2 is 1.74 bits per heavy atom. The first-order valence-corrected chi connectivity index (χ1v) is 7.45. The molecule has 4 atom stereocenters. The Balaban J connectivity index is 0.00000110. The molecule has 2 bridgehead atoms. The molecule has 0 aromatic rings. The number of nitrogens with one attached hydrogen (secondary N) is 1. The molecule has 0 aromatic heterocycles. The van der Waals surface area contributed by atoms with Crippen LogP contribution in [0.3, 0.4) is 0 Å². The van der Waals surface area contributed by atoms with Crippen LogP contribution in [0.25, 0.3) is 0 Å². The molecule has 108 valence electrons. The minimum absolute atomic E-state index is 0. The Hall–Kier alpha value is -0.320. The Morgan fingerprint density at radius 3 is 2.32 bits per heavy atom. The summed E-state index contributed by atoms with van der Waals surface area (Å²) in [5, 5.41) is 3.31. The second kappa shape index (κ2) is 5.23. The van der Waals surface area contributed by atoms with Crippen LogP contribution in [0.2, 0.25) is 0 Å². The molecule has 4 fully saturated rings. The molecule has 5 heteroatoms. The molecule has 3 heterocycles. The van der Waals surface area contributed by atoms with Crippen molar-refractivity contribution in [3.8, 4) is 0 Å². The van der Waals surface area contributed by atoms with Crippen molar-refractivity contribution in [1.29, 1.82) is 0 Å². The number of halogens is 1. The molecule has 0 spiro atoms. The van der Waals surface area contributed by atoms with E-state index in [4.69, 9.17) is 4.74 Å². The summed E-state index contributed by atoms with van der Waals surface area (Å²) in [6, 6.07) is 0. The highest BCUT2D eigenvalue weighted by Gasteiger charge is 2.53. The van der Waals surface area contributed by atoms with Crippen LogP contribution in [0, 0.1) is 17.8 Å². The molecule has 4 nitrogen and oxygen atoms in total. The SMILES string of the molecule is Cl.O=C(CNCC1CC1)N1CC2C3CCC(O3)C2C1. The number of nitrogens with zero attached hydrogens (tertiary/aromatic N) is 1. The Morgan fingerprint density at radius 1 is 1.11 bits per heavy atom. The zero-order chi connectivity index (χ0) is 12.1. The molecule has 1 saturated carbocycles. The van der Waals surface area contributed by atoms with Gasteiger partial charge in [0.1, 0.15) is 0 Å². The first-order chi connectivity index (χ1) is 8.81. The van der Waals surface area contributed by atoms with Crippen LogP contribution < -0.4 is 5.32 Å². The number of hydrogen-bond donors (Lipinski definition) is 1. The molecule has 19 heavy (non-hydrogen) atoms. The molecular formula is C14H23ClN2O2. The van der Waals surface area contributed by atoms with E-state index in [1.54, 1.807) is 0 Å². The van der Waals surface area contributed by atoms with Crippen molar-refractivity contribution in [1.82, 2.24) is 10.2 Å². The maximum absolute atomic E-state index is 12.1. The summed E-state index contributed by atoms with van der Waals surface area (Å²) in [5.74, 6) is 2.41. The standard InChI is InChI=1S/C14H22N2O2.ClH/c17-14(6-15-5-9-1-2-9)16-7-10-11(8-16)13-4-3-12(10)18-13;/h9-13,15H,1-8H2;1H. The minimum atomic E-state index is 0. The molecule has 4 unspecified atom stereocenters. The van der Waals surface area contributed by atoms with Gasteiger partial charge in [0.05, 0.1) is 18.8 Å². The molecule has 3 aliphatic heterocycles. The van der Waals surface area contributed by atoms with E-state index < -0.39 is 0 Å². The largest absolute Gasteiger partial charge is 0.374 e. The summed E-state index contributed by atoms with van der Waals surface area (Å²) in [6.45, 7) is 3.44. The van der Waals surface area contributed by atoms with Gasteiger partial charge in [-0.2, -0.15) is 0 Å². The number of fused-ring (bicyclic) bond motifs is 5. The third-order valence-electron chi connectivity index (χ3n) is 5.21. The van der Waals surface area contributed by atoms with Crippen molar-refractivity contribution in [2.45, 2.75) is 37.9 Å². The van der Waals surface area contributed by atoms with E-state index in [9.17, 15) is 4.79 Å². The summed E-state index contributed by atoms with van der Waals surface area (Å²) in [7, 11) is 0. The lowest BCUT2D eigenvalue weighted by molar-refractivity contribution is -0.129. The molecular weight excluding hydrogens is 264 g/mol. The van der Waals surface area contributed by atoms with E-state index in [0.717, 1.165) is 25.6 Å². The first-order valence-electron chi connectivity index (χ1n) is 7.45. The fourth-order valence-corrected chi connectivity index (χ4v) is 3.98. The van der Waals surface area contributed by atoms with Crippen molar-refractivity contribution < 1.29 is 9.53 Å². The summed E-state index contributed by atoms with van der Waals surface area (Å²) in [4.78, 5) is 14.2. The highest BCUT2D eigenvalue weighted by Crippen LogP contribution is 2.47. The normalized spacial score (nSPS) is 39.3. The molecule has 1 amide bonds. The predicted molar refractivity (Wildman–Crippen MR) is 74.3 cm³/mol. The monoisotopic (exact) mass is 286 g/mol. The van der Waals surface area contributed by atoms with E-state index in [-0.39, 0.29) is 12.4 Å². The topological polar surface area (TPSA) is 41.6 Å². The Bertz CT molecular complexity index is 343. The van der Waals surface area contributed by atoms with Gasteiger partial charge in [-0.1, -0.05) is 0 Å². The number of ether oxygens (including phenoxy) is 1. The molecule has 1 N–H and O–H groups in total. The van der Waals surface area contributed by atoms with Gasteiger partial charge in [-0.25, -0.2) is 0 Å². The van der Waals surface area contributed by atoms with E-state index in [1.807, 2.05) is 0 Å². The van der Waals surface area contributed by atoms with Crippen LogP contribution in [0.4, 0.5) is 0 Å². The van der Waals surface area contributed by atoms with Crippen LogP contribution in [-0.2, 0) is 9.53 Å². The van der Waals surface area contributed by atoms with Gasteiger partial charge in [-0.3, -0.25) is 4.79 Å². The van der Waals surface area contributed by atoms with Crippen LogP contribution in [0.5, 0.6) is 0 Å². The van der Waals surface area contributed by atoms with Gasteiger partial charge in [0.2, 0.25) is 5.91 Å². The van der Waals surface area contributed by atoms with E-state index >= 15 is 0 Å². The molecule has 0 radical (unpaired) electrons. The fourth-order valence-electron chi connectivity index (χ4n) is 3.98. The maximum Gasteiger partial charge on any atom is 0.236 e. The quantitative estimate of drug-likeness (QED) is 0.840. The number of amides is 1. The molecule has 4 aliphatic rings. The average molecular weight is 287 g/mol. The van der Waals surface area contributed by atoms with Crippen molar-refractivity contribution in [2.75, 3.05) is 26.2 Å². The third-order valence-corrected chi connectivity index (χ3v) is 5.21. The summed E-state index contributed by atoms with van der Waals surface area (Å²) < 4.78 is 5.93. The van der Waals surface area contributed by atoms with Gasteiger partial charge >= 0.3 is 0 Å². The molecule has 0 aromatic carbocycles. The van der Waals surface area contributed by atoms with Crippen molar-refractivity contribution in [3.63, 3.8) is 0 Å².